The van der Waals surface area contributed by atoms with Crippen molar-refractivity contribution in [1.29, 1.82) is 0 Å². The van der Waals surface area contributed by atoms with Crippen LogP contribution in [0.1, 0.15) is 63.5 Å². The Hall–Kier alpha value is -2.09. The van der Waals surface area contributed by atoms with E-state index in [4.69, 9.17) is 23.2 Å². The van der Waals surface area contributed by atoms with E-state index in [1.807, 2.05) is 13.8 Å². The van der Waals surface area contributed by atoms with Crippen molar-refractivity contribution in [2.45, 2.75) is 70.2 Å². The summed E-state index contributed by atoms with van der Waals surface area (Å²) in [5.41, 5.74) is 0.0641. The van der Waals surface area contributed by atoms with E-state index >= 15 is 0 Å². The first-order chi connectivity index (χ1) is 18.4. The summed E-state index contributed by atoms with van der Waals surface area (Å²) in [5.74, 6) is -0.614. The molecular weight excluding hydrogens is 610 g/mol. The molecule has 0 aliphatic rings. The molecule has 0 radical (unpaired) electrons. The van der Waals surface area contributed by atoms with Gasteiger partial charge >= 0.3 is 6.18 Å². The summed E-state index contributed by atoms with van der Waals surface area (Å²) in [6, 6.07) is 3.24. The van der Waals surface area contributed by atoms with Crippen molar-refractivity contribution in [2.75, 3.05) is 0 Å². The number of aromatic nitrogens is 2. The van der Waals surface area contributed by atoms with Gasteiger partial charge in [-0.1, -0.05) is 43.1 Å². The number of carbonyl (C=O) groups is 1. The normalized spacial score (nSPS) is 13.6. The Bertz CT molecular complexity index is 1520. The van der Waals surface area contributed by atoms with Gasteiger partial charge in [0.25, 0.3) is 0 Å². The number of aliphatic hydroxyl groups is 1. The van der Waals surface area contributed by atoms with Crippen LogP contribution in [0.5, 0.6) is 0 Å². The molecule has 7 nitrogen and oxygen atoms in total. The smallest absolute Gasteiger partial charge is 0.386 e. The van der Waals surface area contributed by atoms with Crippen LogP contribution in [0.3, 0.4) is 0 Å². The van der Waals surface area contributed by atoms with Crippen LogP contribution < -0.4 is 4.72 Å². The Kier molecular flexibility index (Phi) is 9.75. The van der Waals surface area contributed by atoms with Crippen molar-refractivity contribution in [1.82, 2.24) is 14.7 Å². The fraction of sp³-hybridized carbons (Fsp3) is 0.423. The number of nitrogens with zero attached hydrogens (tertiary/aromatic N) is 2. The van der Waals surface area contributed by atoms with Crippen LogP contribution in [0.4, 0.5) is 13.2 Å². The van der Waals surface area contributed by atoms with Crippen molar-refractivity contribution in [3.8, 4) is 21.1 Å². The number of Topliss-reactive ketones (excluding diaryl/α,β-unsaturated/α-hetero) is 1. The molecule has 0 bridgehead atoms. The first-order valence-electron chi connectivity index (χ1n) is 12.2. The van der Waals surface area contributed by atoms with Crippen LogP contribution in [0, 0.1) is 5.92 Å². The van der Waals surface area contributed by atoms with Crippen LogP contribution >= 0.6 is 34.5 Å². The van der Waals surface area contributed by atoms with Gasteiger partial charge in [-0.15, -0.1) is 11.3 Å². The summed E-state index contributed by atoms with van der Waals surface area (Å²) in [6.45, 7) is 7.63. The van der Waals surface area contributed by atoms with Gasteiger partial charge in [0, 0.05) is 17.7 Å². The number of halogens is 5. The Morgan fingerprint density at radius 1 is 1.12 bits per heavy atom. The minimum absolute atomic E-state index is 0.0848. The van der Waals surface area contributed by atoms with Crippen LogP contribution in [-0.4, -0.2) is 41.5 Å². The van der Waals surface area contributed by atoms with E-state index in [0.717, 1.165) is 17.4 Å². The average molecular weight is 639 g/mol. The second kappa shape index (κ2) is 12.0. The van der Waals surface area contributed by atoms with Crippen LogP contribution in [0.2, 0.25) is 10.0 Å². The molecule has 40 heavy (non-hydrogen) atoms. The predicted octanol–water partition coefficient (Wildman–Crippen LogP) is 7.25. The molecule has 0 saturated carbocycles. The lowest BCUT2D eigenvalue weighted by molar-refractivity contribution is -0.147. The van der Waals surface area contributed by atoms with Crippen molar-refractivity contribution in [3.63, 3.8) is 0 Å². The third kappa shape index (κ3) is 6.85. The minimum Gasteiger partial charge on any atom is -0.386 e. The summed E-state index contributed by atoms with van der Waals surface area (Å²) >= 11 is 13.9. The maximum Gasteiger partial charge on any atom is 0.404 e. The maximum atomic E-state index is 13.5. The standard InChI is InChI=1S/C26H28Cl2F3N3O4S2/c1-6-14(7-2)22(35)21-23(39-24(33-21)17-12-15(10-11-32-17)25(4,5)36)16-8-9-18(20(28)19(16)27)40(37,38)34-13(3)26(29,30)31/h8-14,34,36H,6-7H2,1-5H3/t13-/m0/s1. The number of ketones is 1. The number of rotatable bonds is 10. The fourth-order valence-electron chi connectivity index (χ4n) is 3.84. The zero-order valence-corrected chi connectivity index (χ0v) is 25.4. The molecule has 2 heterocycles. The largest absolute Gasteiger partial charge is 0.404 e. The number of hydrogen-bond acceptors (Lipinski definition) is 7. The highest BCUT2D eigenvalue weighted by atomic mass is 35.5. The van der Waals surface area contributed by atoms with Crippen molar-refractivity contribution < 1.29 is 31.5 Å². The maximum absolute atomic E-state index is 13.5. The van der Waals surface area contributed by atoms with Gasteiger partial charge in [-0.3, -0.25) is 9.78 Å². The summed E-state index contributed by atoms with van der Waals surface area (Å²) in [6.07, 6.45) is -2.22. The van der Waals surface area contributed by atoms with Gasteiger partial charge in [0.1, 0.15) is 21.6 Å². The van der Waals surface area contributed by atoms with Gasteiger partial charge in [-0.25, -0.2) is 13.4 Å². The van der Waals surface area contributed by atoms with E-state index in [1.54, 1.807) is 30.7 Å². The highest BCUT2D eigenvalue weighted by Gasteiger charge is 2.39. The molecule has 218 valence electrons. The second-order valence-corrected chi connectivity index (χ2v) is 13.1. The topological polar surface area (TPSA) is 109 Å². The molecule has 3 aromatic rings. The SMILES string of the molecule is CCC(CC)C(=O)c1nc(-c2cc(C(C)(C)O)ccn2)sc1-c1ccc(S(=O)(=O)N[C@@H](C)C(F)(F)F)c(Cl)c1Cl. The molecule has 3 rings (SSSR count). The zero-order chi connectivity index (χ0) is 30.2. The minimum atomic E-state index is -4.82. The third-order valence-electron chi connectivity index (χ3n) is 6.31. The molecule has 2 aromatic heterocycles. The number of thiazole rings is 1. The van der Waals surface area contributed by atoms with Gasteiger partial charge in [0.05, 0.1) is 26.2 Å². The van der Waals surface area contributed by atoms with E-state index in [0.29, 0.717) is 40.9 Å². The average Bonchev–Trinajstić information content (AvgIpc) is 3.30. The highest BCUT2D eigenvalue weighted by molar-refractivity contribution is 7.89. The zero-order valence-electron chi connectivity index (χ0n) is 22.2. The molecule has 0 aliphatic heterocycles. The number of pyridine rings is 1. The first-order valence-corrected chi connectivity index (χ1v) is 15.3. The molecule has 0 amide bonds. The summed E-state index contributed by atoms with van der Waals surface area (Å²) in [7, 11) is -4.70. The van der Waals surface area contributed by atoms with E-state index in [-0.39, 0.29) is 28.0 Å². The number of alkyl halides is 3. The number of sulfonamides is 1. The van der Waals surface area contributed by atoms with E-state index in [9.17, 15) is 31.5 Å². The third-order valence-corrected chi connectivity index (χ3v) is 9.99. The Labute approximate surface area is 244 Å². The quantitative estimate of drug-likeness (QED) is 0.227. The highest BCUT2D eigenvalue weighted by Crippen LogP contribution is 2.44. The Morgan fingerprint density at radius 2 is 1.75 bits per heavy atom. The van der Waals surface area contributed by atoms with Gasteiger partial charge in [-0.05, 0) is 57.4 Å². The summed E-state index contributed by atoms with van der Waals surface area (Å²) < 4.78 is 66.0. The lowest BCUT2D eigenvalue weighted by Crippen LogP contribution is -2.43. The van der Waals surface area contributed by atoms with Crippen molar-refractivity contribution in [3.05, 3.63) is 51.8 Å². The van der Waals surface area contributed by atoms with E-state index in [2.05, 4.69) is 9.97 Å². The van der Waals surface area contributed by atoms with Crippen LogP contribution in [0.25, 0.3) is 21.1 Å². The predicted molar refractivity (Wildman–Crippen MR) is 150 cm³/mol. The van der Waals surface area contributed by atoms with Gasteiger partial charge in [0.15, 0.2) is 5.78 Å². The van der Waals surface area contributed by atoms with Gasteiger partial charge in [0.2, 0.25) is 10.0 Å². The van der Waals surface area contributed by atoms with Crippen molar-refractivity contribution >= 4 is 50.3 Å². The number of hydrogen-bond donors (Lipinski definition) is 2. The molecule has 14 heteroatoms. The van der Waals surface area contributed by atoms with E-state index < -0.39 is 37.8 Å². The fourth-order valence-corrected chi connectivity index (χ4v) is 7.06. The van der Waals surface area contributed by atoms with Crippen LogP contribution in [-0.2, 0) is 15.6 Å². The second-order valence-electron chi connectivity index (χ2n) is 9.69. The lowest BCUT2D eigenvalue weighted by Gasteiger charge is -2.18. The molecular formula is C26H28Cl2F3N3O4S2. The molecule has 0 spiro atoms. The monoisotopic (exact) mass is 637 g/mol. The van der Waals surface area contributed by atoms with Gasteiger partial charge in [-0.2, -0.15) is 17.9 Å². The molecule has 2 N–H and O–H groups in total. The number of nitrogens with one attached hydrogen (secondary N) is 1. The van der Waals surface area contributed by atoms with E-state index in [1.165, 1.54) is 12.3 Å². The lowest BCUT2D eigenvalue weighted by atomic mass is 9.94. The molecule has 0 fully saturated rings. The Balaban J connectivity index is 2.20. The molecule has 1 aromatic carbocycles. The Morgan fingerprint density at radius 3 is 2.30 bits per heavy atom. The molecule has 0 saturated heterocycles. The summed E-state index contributed by atoms with van der Waals surface area (Å²) in [4.78, 5) is 22.1. The number of carbonyl (C=O) groups excluding carboxylic acids is 1. The number of benzene rings is 1. The summed E-state index contributed by atoms with van der Waals surface area (Å²) in [5, 5.41) is 10.0. The first kappa shape index (κ1) is 32.4. The molecule has 0 aliphatic carbocycles. The van der Waals surface area contributed by atoms with Gasteiger partial charge < -0.3 is 5.11 Å². The molecule has 0 unspecified atom stereocenters. The van der Waals surface area contributed by atoms with Crippen LogP contribution in [0.15, 0.2) is 35.4 Å². The molecule has 1 atom stereocenters. The van der Waals surface area contributed by atoms with Crippen molar-refractivity contribution in [2.24, 2.45) is 5.92 Å².